The summed E-state index contributed by atoms with van der Waals surface area (Å²) in [5.41, 5.74) is 1.55. The number of hydrogen-bond acceptors (Lipinski definition) is 2. The molecule has 0 spiro atoms. The summed E-state index contributed by atoms with van der Waals surface area (Å²) in [5.74, 6) is -0.00599. The van der Waals surface area contributed by atoms with Gasteiger partial charge in [-0.15, -0.1) is 6.58 Å². The summed E-state index contributed by atoms with van der Waals surface area (Å²) in [6.45, 7) is 3.75. The van der Waals surface area contributed by atoms with Gasteiger partial charge in [0.1, 0.15) is 0 Å². The summed E-state index contributed by atoms with van der Waals surface area (Å²) in [4.78, 5) is 23.9. The molecule has 1 aliphatic rings. The van der Waals surface area contributed by atoms with Gasteiger partial charge in [0.25, 0.3) is 0 Å². The summed E-state index contributed by atoms with van der Waals surface area (Å²) in [6, 6.07) is 8.01. The van der Waals surface area contributed by atoms with Gasteiger partial charge in [-0.3, -0.25) is 0 Å². The molecule has 0 bridgehead atoms. The molecular formula is C18H19N3O2. The lowest BCUT2D eigenvalue weighted by molar-refractivity contribution is 0.472. The highest BCUT2D eigenvalue weighted by molar-refractivity contribution is 5.34. The highest BCUT2D eigenvalue weighted by Gasteiger charge is 2.25. The minimum Gasteiger partial charge on any atom is -0.246 e. The Kier molecular flexibility index (Phi) is 4.02. The van der Waals surface area contributed by atoms with Gasteiger partial charge in [0.05, 0.1) is 6.04 Å². The van der Waals surface area contributed by atoms with Gasteiger partial charge >= 0.3 is 11.4 Å². The third-order valence-corrected chi connectivity index (χ3v) is 4.16. The van der Waals surface area contributed by atoms with Crippen LogP contribution in [0.3, 0.4) is 0 Å². The maximum absolute atomic E-state index is 12.2. The topological polar surface area (TPSA) is 59.8 Å². The molecule has 0 unspecified atom stereocenters. The average molecular weight is 309 g/mol. The van der Waals surface area contributed by atoms with Crippen molar-refractivity contribution in [2.45, 2.75) is 18.4 Å². The Hall–Kier alpha value is -2.82. The second kappa shape index (κ2) is 6.12. The zero-order chi connectivity index (χ0) is 16.4. The Balaban J connectivity index is 1.99. The molecule has 2 aromatic rings. The minimum atomic E-state index is -0.405. The number of nitrogens with one attached hydrogen (secondary N) is 1. The van der Waals surface area contributed by atoms with Crippen molar-refractivity contribution >= 4 is 0 Å². The number of H-pyrrole nitrogens is 1. The van der Waals surface area contributed by atoms with Gasteiger partial charge in [0.15, 0.2) is 0 Å². The van der Waals surface area contributed by atoms with Crippen molar-refractivity contribution in [2.24, 2.45) is 7.05 Å². The van der Waals surface area contributed by atoms with Gasteiger partial charge in [0.2, 0.25) is 0 Å². The highest BCUT2D eigenvalue weighted by Crippen LogP contribution is 2.32. The van der Waals surface area contributed by atoms with E-state index in [0.29, 0.717) is 0 Å². The van der Waals surface area contributed by atoms with E-state index < -0.39 is 5.69 Å². The smallest absolute Gasteiger partial charge is 0.246 e. The quantitative estimate of drug-likeness (QED) is 0.879. The van der Waals surface area contributed by atoms with Crippen molar-refractivity contribution in [3.05, 3.63) is 93.3 Å². The molecule has 1 aliphatic carbocycles. The third-order valence-electron chi connectivity index (χ3n) is 4.16. The second-order valence-corrected chi connectivity index (χ2v) is 5.65. The van der Waals surface area contributed by atoms with E-state index >= 15 is 0 Å². The molecule has 0 saturated heterocycles. The van der Waals surface area contributed by atoms with Crippen LogP contribution in [-0.4, -0.2) is 14.3 Å². The third kappa shape index (κ3) is 2.77. The predicted molar refractivity (Wildman–Crippen MR) is 90.7 cm³/mol. The molecule has 0 amide bonds. The Labute approximate surface area is 133 Å². The summed E-state index contributed by atoms with van der Waals surface area (Å²) < 4.78 is 2.47. The van der Waals surface area contributed by atoms with Crippen molar-refractivity contribution in [1.29, 1.82) is 0 Å². The molecule has 2 atom stereocenters. The van der Waals surface area contributed by atoms with E-state index in [2.05, 4.69) is 35.9 Å². The number of allylic oxidation sites excluding steroid dienone is 5. The van der Waals surface area contributed by atoms with Crippen LogP contribution in [0.1, 0.15) is 23.1 Å². The van der Waals surface area contributed by atoms with E-state index in [-0.39, 0.29) is 17.6 Å². The molecule has 5 nitrogen and oxygen atoms in total. The Morgan fingerprint density at radius 1 is 1.17 bits per heavy atom. The summed E-state index contributed by atoms with van der Waals surface area (Å²) >= 11 is 0. The molecule has 118 valence electrons. The van der Waals surface area contributed by atoms with Crippen molar-refractivity contribution < 1.29 is 0 Å². The molecule has 1 aromatic heterocycles. The van der Waals surface area contributed by atoms with Crippen LogP contribution >= 0.6 is 0 Å². The van der Waals surface area contributed by atoms with Crippen molar-refractivity contribution in [1.82, 2.24) is 14.3 Å². The van der Waals surface area contributed by atoms with Crippen LogP contribution in [0.25, 0.3) is 0 Å². The Bertz CT molecular complexity index is 878. The molecule has 3 rings (SSSR count). The van der Waals surface area contributed by atoms with Crippen molar-refractivity contribution in [2.75, 3.05) is 0 Å². The molecule has 23 heavy (non-hydrogen) atoms. The van der Waals surface area contributed by atoms with E-state index in [4.69, 9.17) is 0 Å². The van der Waals surface area contributed by atoms with E-state index in [9.17, 15) is 9.59 Å². The highest BCUT2D eigenvalue weighted by atomic mass is 16.2. The van der Waals surface area contributed by atoms with Gasteiger partial charge in [-0.1, -0.05) is 54.6 Å². The molecule has 0 radical (unpaired) electrons. The van der Waals surface area contributed by atoms with Crippen LogP contribution in [0, 0.1) is 0 Å². The number of aromatic amines is 1. The first-order valence-corrected chi connectivity index (χ1v) is 7.54. The first-order valence-electron chi connectivity index (χ1n) is 7.54. The Morgan fingerprint density at radius 2 is 1.87 bits per heavy atom. The van der Waals surface area contributed by atoms with Crippen molar-refractivity contribution in [3.63, 3.8) is 0 Å². The van der Waals surface area contributed by atoms with E-state index in [1.807, 2.05) is 30.4 Å². The van der Waals surface area contributed by atoms with Crippen LogP contribution in [0.2, 0.25) is 0 Å². The number of nitrogens with zero attached hydrogens (tertiary/aromatic N) is 2. The zero-order valence-corrected chi connectivity index (χ0v) is 13.0. The first kappa shape index (κ1) is 15.1. The largest absolute Gasteiger partial charge is 0.347 e. The second-order valence-electron chi connectivity index (χ2n) is 5.65. The van der Waals surface area contributed by atoms with E-state index in [0.717, 1.165) is 16.6 Å². The maximum atomic E-state index is 12.2. The number of benzene rings is 1. The van der Waals surface area contributed by atoms with Crippen molar-refractivity contribution in [3.8, 4) is 0 Å². The normalized spacial score (nSPS) is 19.9. The lowest BCUT2D eigenvalue weighted by Gasteiger charge is -2.24. The van der Waals surface area contributed by atoms with E-state index in [1.54, 1.807) is 0 Å². The number of rotatable bonds is 4. The minimum absolute atomic E-state index is 0.00599. The predicted octanol–water partition coefficient (Wildman–Crippen LogP) is 2.05. The van der Waals surface area contributed by atoms with Crippen LogP contribution < -0.4 is 11.4 Å². The number of hydrogen-bond donors (Lipinski definition) is 1. The van der Waals surface area contributed by atoms with Crippen LogP contribution in [0.5, 0.6) is 0 Å². The molecular weight excluding hydrogens is 290 g/mol. The van der Waals surface area contributed by atoms with Crippen LogP contribution in [-0.2, 0) is 13.5 Å². The number of aromatic nitrogens is 3. The van der Waals surface area contributed by atoms with Gasteiger partial charge in [-0.2, -0.15) is 0 Å². The SMILES string of the molecule is C=CCc1ccc([C@H]2C=CC=C[C@@H]2n2[nH]c(=O)n(C)c2=O)cc1. The first-order chi connectivity index (χ1) is 11.1. The molecule has 0 saturated carbocycles. The lowest BCUT2D eigenvalue weighted by atomic mass is 9.87. The zero-order valence-electron chi connectivity index (χ0n) is 13.0. The standard InChI is InChI=1S/C18H19N3O2/c1-3-6-13-9-11-14(12-10-13)15-7-4-5-8-16(15)21-18(23)20(2)17(22)19-21/h3-5,7-12,15-16H,1,6H2,2H3,(H,19,22)/t15-,16+/m1/s1. The fourth-order valence-electron chi connectivity index (χ4n) is 2.87. The maximum Gasteiger partial charge on any atom is 0.347 e. The van der Waals surface area contributed by atoms with Gasteiger partial charge in [-0.25, -0.2) is 23.9 Å². The average Bonchev–Trinajstić information content (AvgIpc) is 2.83. The lowest BCUT2D eigenvalue weighted by Crippen LogP contribution is -2.30. The Morgan fingerprint density at radius 3 is 2.48 bits per heavy atom. The molecule has 1 heterocycles. The van der Waals surface area contributed by atoms with Gasteiger partial charge < -0.3 is 0 Å². The fraction of sp³-hybridized carbons (Fsp3) is 0.222. The van der Waals surface area contributed by atoms with Gasteiger partial charge in [0, 0.05) is 13.0 Å². The van der Waals surface area contributed by atoms with Crippen LogP contribution in [0.4, 0.5) is 0 Å². The monoisotopic (exact) mass is 309 g/mol. The molecule has 0 fully saturated rings. The summed E-state index contributed by atoms with van der Waals surface area (Å²) in [7, 11) is 1.47. The summed E-state index contributed by atoms with van der Waals surface area (Å²) in [6.07, 6.45) is 10.5. The fourth-order valence-corrected chi connectivity index (χ4v) is 2.87. The van der Waals surface area contributed by atoms with Gasteiger partial charge in [-0.05, 0) is 17.5 Å². The van der Waals surface area contributed by atoms with Crippen LogP contribution in [0.15, 0.2) is 70.8 Å². The molecule has 1 aromatic carbocycles. The molecule has 0 aliphatic heterocycles. The van der Waals surface area contributed by atoms with E-state index in [1.165, 1.54) is 17.3 Å². The molecule has 5 heteroatoms. The molecule has 1 N–H and O–H groups in total. The summed E-state index contributed by atoms with van der Waals surface area (Å²) in [5, 5.41) is 2.63.